The third-order valence-corrected chi connectivity index (χ3v) is 11.9. The standard InChI is InChI=1S/C42H52N4O7S.ClH/c1-27(2)43-41(48)42(5,24-30-10-12-31(13-11-30)25-46-28(3)8-7-9-29(46)4)44-40(47)23-37(34-16-19-38-39(22-34)53-26-52-38)45-54(49,50)36-18-15-32-20-35(51-6)17-14-33(32)21-36;/h10-22,27-29,37,45H,7-9,23-26H2,1-6H3,(H,43,48)(H,44,47);1H/t28-,29+,37-,42-;/m1./s1. The van der Waals surface area contributed by atoms with E-state index in [4.69, 9.17) is 14.2 Å². The van der Waals surface area contributed by atoms with Crippen LogP contribution < -0.4 is 29.6 Å². The van der Waals surface area contributed by atoms with E-state index in [2.05, 4.69) is 46.2 Å². The molecule has 0 saturated carbocycles. The van der Waals surface area contributed by atoms with Crippen LogP contribution in [0.4, 0.5) is 0 Å². The Morgan fingerprint density at radius 1 is 0.891 bits per heavy atom. The Morgan fingerprint density at radius 2 is 1.55 bits per heavy atom. The number of hydrogen-bond acceptors (Lipinski definition) is 8. The summed E-state index contributed by atoms with van der Waals surface area (Å²) in [6.07, 6.45) is 3.59. The van der Waals surface area contributed by atoms with Gasteiger partial charge in [-0.15, -0.1) is 12.4 Å². The Hall–Kier alpha value is -4.36. The van der Waals surface area contributed by atoms with E-state index in [1.54, 1.807) is 56.5 Å². The van der Waals surface area contributed by atoms with E-state index in [1.807, 2.05) is 32.0 Å². The Balaban J connectivity index is 0.00000580. The molecule has 1 saturated heterocycles. The Morgan fingerprint density at radius 3 is 2.24 bits per heavy atom. The molecule has 0 aromatic heterocycles. The number of piperidine rings is 1. The number of sulfonamides is 1. The summed E-state index contributed by atoms with van der Waals surface area (Å²) in [5, 5.41) is 7.49. The summed E-state index contributed by atoms with van der Waals surface area (Å²) in [5.74, 6) is 0.800. The molecule has 55 heavy (non-hydrogen) atoms. The summed E-state index contributed by atoms with van der Waals surface area (Å²) in [5.41, 5.74) is 1.25. The first-order valence-electron chi connectivity index (χ1n) is 18.7. The topological polar surface area (TPSA) is 135 Å². The minimum atomic E-state index is -4.14. The molecule has 13 heteroatoms. The molecule has 3 N–H and O–H groups in total. The van der Waals surface area contributed by atoms with Crippen LogP contribution in [0, 0.1) is 0 Å². The summed E-state index contributed by atoms with van der Waals surface area (Å²) in [6, 6.07) is 23.4. The van der Waals surface area contributed by atoms with Crippen LogP contribution in [0.3, 0.4) is 0 Å². The lowest BCUT2D eigenvalue weighted by atomic mass is 9.90. The largest absolute Gasteiger partial charge is 0.497 e. The van der Waals surface area contributed by atoms with Crippen LogP contribution in [0.15, 0.2) is 83.8 Å². The van der Waals surface area contributed by atoms with Gasteiger partial charge >= 0.3 is 0 Å². The van der Waals surface area contributed by atoms with Gasteiger partial charge < -0.3 is 24.8 Å². The quantitative estimate of drug-likeness (QED) is 0.127. The number of carbonyl (C=O) groups is 2. The van der Waals surface area contributed by atoms with Gasteiger partial charge in [0, 0.05) is 37.5 Å². The van der Waals surface area contributed by atoms with E-state index in [9.17, 15) is 18.0 Å². The number of halogens is 1. The molecule has 2 aliphatic heterocycles. The van der Waals surface area contributed by atoms with Crippen molar-refractivity contribution in [2.24, 2.45) is 0 Å². The summed E-state index contributed by atoms with van der Waals surface area (Å²) in [6.45, 7) is 10.9. The lowest BCUT2D eigenvalue weighted by Gasteiger charge is -2.39. The van der Waals surface area contributed by atoms with E-state index in [1.165, 1.54) is 30.9 Å². The van der Waals surface area contributed by atoms with Crippen LogP contribution in [0.2, 0.25) is 0 Å². The van der Waals surface area contributed by atoms with Crippen molar-refractivity contribution in [3.8, 4) is 17.2 Å². The first-order chi connectivity index (χ1) is 25.7. The van der Waals surface area contributed by atoms with E-state index in [0.717, 1.165) is 17.5 Å². The number of hydrogen-bond donors (Lipinski definition) is 3. The second-order valence-electron chi connectivity index (χ2n) is 15.2. The molecular formula is C42H53ClN4O7S. The third-order valence-electron chi connectivity index (χ3n) is 10.5. The number of carbonyl (C=O) groups excluding carboxylic acids is 2. The first-order valence-corrected chi connectivity index (χ1v) is 20.2. The molecular weight excluding hydrogens is 740 g/mol. The van der Waals surface area contributed by atoms with Crippen molar-refractivity contribution < 1.29 is 32.2 Å². The fourth-order valence-electron chi connectivity index (χ4n) is 7.42. The minimum Gasteiger partial charge on any atom is -0.497 e. The second kappa shape index (κ2) is 17.6. The summed E-state index contributed by atoms with van der Waals surface area (Å²) in [7, 11) is -2.56. The van der Waals surface area contributed by atoms with E-state index in [-0.39, 0.29) is 48.9 Å². The second-order valence-corrected chi connectivity index (χ2v) is 16.9. The molecule has 0 radical (unpaired) electrons. The fourth-order valence-corrected chi connectivity index (χ4v) is 8.68. The molecule has 0 bridgehead atoms. The minimum absolute atomic E-state index is 0. The van der Waals surface area contributed by atoms with Gasteiger partial charge in [0.05, 0.1) is 18.0 Å². The number of fused-ring (bicyclic) bond motifs is 2. The molecule has 2 aliphatic rings. The van der Waals surface area contributed by atoms with Crippen LogP contribution in [0.1, 0.15) is 83.0 Å². The number of ether oxygens (including phenoxy) is 3. The molecule has 2 heterocycles. The molecule has 4 aromatic rings. The van der Waals surface area contributed by atoms with Crippen LogP contribution >= 0.6 is 12.4 Å². The van der Waals surface area contributed by atoms with Gasteiger partial charge in [0.1, 0.15) is 11.3 Å². The summed E-state index contributed by atoms with van der Waals surface area (Å²) >= 11 is 0. The van der Waals surface area contributed by atoms with Gasteiger partial charge in [-0.05, 0) is 111 Å². The number of nitrogens with zero attached hydrogens (tertiary/aromatic N) is 1. The Labute approximate surface area is 331 Å². The predicted octanol–water partition coefficient (Wildman–Crippen LogP) is 6.81. The zero-order valence-electron chi connectivity index (χ0n) is 32.4. The highest BCUT2D eigenvalue weighted by Crippen LogP contribution is 2.36. The molecule has 4 aromatic carbocycles. The third kappa shape index (κ3) is 10.1. The maximum Gasteiger partial charge on any atom is 0.246 e. The fraction of sp³-hybridized carbons (Fsp3) is 0.429. The van der Waals surface area contributed by atoms with Crippen molar-refractivity contribution in [1.82, 2.24) is 20.3 Å². The van der Waals surface area contributed by atoms with E-state index in [0.29, 0.717) is 40.3 Å². The zero-order chi connectivity index (χ0) is 38.6. The molecule has 296 valence electrons. The Kier molecular flexibility index (Phi) is 13.4. The molecule has 2 amide bonds. The summed E-state index contributed by atoms with van der Waals surface area (Å²) < 4.78 is 47.1. The lowest BCUT2D eigenvalue weighted by Crippen LogP contribution is -2.59. The molecule has 4 atom stereocenters. The monoisotopic (exact) mass is 792 g/mol. The van der Waals surface area contributed by atoms with Crippen LogP contribution in [0.25, 0.3) is 10.8 Å². The van der Waals surface area contributed by atoms with Gasteiger partial charge in [-0.2, -0.15) is 0 Å². The normalized spacial score (nSPS) is 18.6. The van der Waals surface area contributed by atoms with Gasteiger partial charge in [-0.3, -0.25) is 14.5 Å². The number of likely N-dealkylation sites (tertiary alicyclic amines) is 1. The number of methoxy groups -OCH3 is 1. The number of rotatable bonds is 14. The van der Waals surface area contributed by atoms with Crippen LogP contribution in [-0.2, 0) is 32.6 Å². The van der Waals surface area contributed by atoms with Crippen molar-refractivity contribution in [3.05, 3.63) is 95.6 Å². The van der Waals surface area contributed by atoms with Gasteiger partial charge in [-0.25, -0.2) is 13.1 Å². The predicted molar refractivity (Wildman–Crippen MR) is 216 cm³/mol. The van der Waals surface area contributed by atoms with Crippen molar-refractivity contribution in [3.63, 3.8) is 0 Å². The van der Waals surface area contributed by atoms with E-state index >= 15 is 0 Å². The van der Waals surface area contributed by atoms with E-state index < -0.39 is 27.5 Å². The van der Waals surface area contributed by atoms with Crippen molar-refractivity contribution in [2.75, 3.05) is 13.9 Å². The van der Waals surface area contributed by atoms with Gasteiger partial charge in [-0.1, -0.05) is 48.9 Å². The smallest absolute Gasteiger partial charge is 0.246 e. The highest BCUT2D eigenvalue weighted by molar-refractivity contribution is 7.89. The summed E-state index contributed by atoms with van der Waals surface area (Å²) in [4.78, 5) is 30.4. The molecule has 6 rings (SSSR count). The SMILES string of the molecule is COc1ccc2cc(S(=O)(=O)N[C@H](CC(=O)N[C@](C)(Cc3ccc(CN4[C@H](C)CCC[C@@H]4C)cc3)C(=O)NC(C)C)c3ccc4c(c3)OCO4)ccc2c1.Cl. The molecule has 0 aliphatic carbocycles. The zero-order valence-corrected chi connectivity index (χ0v) is 34.0. The van der Waals surface area contributed by atoms with Gasteiger partial charge in [0.25, 0.3) is 0 Å². The molecule has 11 nitrogen and oxygen atoms in total. The number of amides is 2. The number of nitrogens with one attached hydrogen (secondary N) is 3. The van der Waals surface area contributed by atoms with Gasteiger partial charge in [0.15, 0.2) is 11.5 Å². The highest BCUT2D eigenvalue weighted by Gasteiger charge is 2.37. The maximum atomic E-state index is 14.1. The maximum absolute atomic E-state index is 14.1. The lowest BCUT2D eigenvalue weighted by molar-refractivity contribution is -0.133. The average molecular weight is 793 g/mol. The average Bonchev–Trinajstić information content (AvgIpc) is 3.61. The molecule has 0 unspecified atom stereocenters. The molecule has 1 fully saturated rings. The number of benzene rings is 4. The van der Waals surface area contributed by atoms with Crippen LogP contribution in [-0.4, -0.2) is 62.7 Å². The first kappa shape index (κ1) is 41.8. The Bertz CT molecular complexity index is 2090. The molecule has 0 spiro atoms. The highest BCUT2D eigenvalue weighted by atomic mass is 35.5. The van der Waals surface area contributed by atoms with Gasteiger partial charge in [0.2, 0.25) is 28.6 Å². The van der Waals surface area contributed by atoms with Crippen molar-refractivity contribution in [2.45, 2.75) is 108 Å². The van der Waals surface area contributed by atoms with Crippen molar-refractivity contribution >= 4 is 45.0 Å². The van der Waals surface area contributed by atoms with Crippen molar-refractivity contribution in [1.29, 1.82) is 0 Å². The van der Waals surface area contributed by atoms with Crippen LogP contribution in [0.5, 0.6) is 17.2 Å².